The second-order valence-corrected chi connectivity index (χ2v) is 3.00. The number of aliphatic hydroxyl groups is 1. The van der Waals surface area contributed by atoms with Crippen molar-refractivity contribution in [3.8, 4) is 0 Å². The molecule has 0 aromatic heterocycles. The third-order valence-electron chi connectivity index (χ3n) is 1.76. The highest BCUT2D eigenvalue weighted by Crippen LogP contribution is 2.40. The van der Waals surface area contributed by atoms with Crippen LogP contribution in [0.15, 0.2) is 0 Å². The molecule has 0 bridgehead atoms. The van der Waals surface area contributed by atoms with Gasteiger partial charge in [0.15, 0.2) is 0 Å². The Morgan fingerprint density at radius 1 is 1.36 bits per heavy atom. The van der Waals surface area contributed by atoms with E-state index in [1.807, 2.05) is 13.8 Å². The van der Waals surface area contributed by atoms with Gasteiger partial charge in [0.25, 0.3) is 0 Å². The quantitative estimate of drug-likeness (QED) is 0.634. The summed E-state index contributed by atoms with van der Waals surface area (Å²) in [5, 5.41) is 9.00. The van der Waals surface area contributed by atoms with E-state index < -0.39 is 17.9 Å². The monoisotopic (exact) mass is 166 g/mol. The van der Waals surface area contributed by atoms with Gasteiger partial charge in [-0.3, -0.25) is 0 Å². The molecule has 1 N–H and O–H groups in total. The van der Waals surface area contributed by atoms with Crippen molar-refractivity contribution in [3.63, 3.8) is 0 Å². The molecular formula is C8H16F2O. The van der Waals surface area contributed by atoms with Gasteiger partial charge in [0.05, 0.1) is 5.60 Å². The second kappa shape index (κ2) is 4.00. The zero-order valence-electron chi connectivity index (χ0n) is 7.27. The molecule has 0 atom stereocenters. The number of hydrogen-bond acceptors (Lipinski definition) is 1. The highest BCUT2D eigenvalue weighted by Gasteiger charge is 2.42. The average molecular weight is 166 g/mol. The summed E-state index contributed by atoms with van der Waals surface area (Å²) < 4.78 is 23.4. The van der Waals surface area contributed by atoms with Crippen LogP contribution in [0, 0.1) is 5.92 Å². The smallest absolute Gasteiger partial charge is 0.241 e. The lowest BCUT2D eigenvalue weighted by atomic mass is 9.72. The average Bonchev–Trinajstić information content (AvgIpc) is 1.87. The van der Waals surface area contributed by atoms with Gasteiger partial charge in [-0.05, 0) is 19.8 Å². The Morgan fingerprint density at radius 2 is 1.73 bits per heavy atom. The van der Waals surface area contributed by atoms with Crippen molar-refractivity contribution < 1.29 is 13.9 Å². The predicted octanol–water partition coefficient (Wildman–Crippen LogP) is 2.44. The van der Waals surface area contributed by atoms with Crippen molar-refractivity contribution in [1.29, 1.82) is 0 Å². The van der Waals surface area contributed by atoms with Crippen molar-refractivity contribution in [2.45, 2.75) is 45.6 Å². The highest BCUT2D eigenvalue weighted by molar-refractivity contribution is 4.91. The molecule has 0 spiro atoms. The summed E-state index contributed by atoms with van der Waals surface area (Å²) in [5.74, 6) is -0.556. The van der Waals surface area contributed by atoms with Gasteiger partial charge in [0, 0.05) is 5.92 Å². The number of rotatable bonds is 1. The van der Waals surface area contributed by atoms with Gasteiger partial charge in [-0.2, -0.15) is 0 Å². The van der Waals surface area contributed by atoms with Gasteiger partial charge in [-0.15, -0.1) is 0 Å². The van der Waals surface area contributed by atoms with Crippen LogP contribution < -0.4 is 0 Å². The van der Waals surface area contributed by atoms with E-state index in [1.165, 1.54) is 0 Å². The Labute approximate surface area is 66.4 Å². The number of halogens is 2. The molecule has 1 nitrogen and oxygen atoms in total. The first-order valence-electron chi connectivity index (χ1n) is 4.02. The fraction of sp³-hybridized carbons (Fsp3) is 1.00. The van der Waals surface area contributed by atoms with Crippen LogP contribution >= 0.6 is 0 Å². The predicted molar refractivity (Wildman–Crippen MR) is 40.7 cm³/mol. The van der Waals surface area contributed by atoms with Gasteiger partial charge in [-0.25, -0.2) is 8.78 Å². The third kappa shape index (κ3) is 3.14. The van der Waals surface area contributed by atoms with Crippen LogP contribution in [-0.2, 0) is 0 Å². The van der Waals surface area contributed by atoms with E-state index in [9.17, 15) is 8.78 Å². The van der Waals surface area contributed by atoms with Gasteiger partial charge in [0.1, 0.15) is 0 Å². The van der Waals surface area contributed by atoms with E-state index in [4.69, 9.17) is 5.11 Å². The van der Waals surface area contributed by atoms with Crippen LogP contribution in [0.1, 0.15) is 33.6 Å². The molecule has 0 heterocycles. The Hall–Kier alpha value is -0.180. The van der Waals surface area contributed by atoms with E-state index in [0.717, 1.165) is 0 Å². The third-order valence-corrected chi connectivity index (χ3v) is 1.76. The fourth-order valence-electron chi connectivity index (χ4n) is 1.25. The van der Waals surface area contributed by atoms with Crippen molar-refractivity contribution in [2.24, 2.45) is 5.92 Å². The maximum absolute atomic E-state index is 11.7. The van der Waals surface area contributed by atoms with Crippen LogP contribution in [0.5, 0.6) is 0 Å². The Balaban J connectivity index is 0.000000461. The zero-order valence-corrected chi connectivity index (χ0v) is 7.27. The molecule has 1 fully saturated rings. The summed E-state index contributed by atoms with van der Waals surface area (Å²) in [6.07, 6.45) is -1.74. The fourth-order valence-corrected chi connectivity index (χ4v) is 1.25. The van der Waals surface area contributed by atoms with E-state index >= 15 is 0 Å². The molecule has 68 valence electrons. The van der Waals surface area contributed by atoms with Gasteiger partial charge >= 0.3 is 0 Å². The topological polar surface area (TPSA) is 20.2 Å². The maximum atomic E-state index is 11.7. The normalized spacial score (nSPS) is 35.7. The molecule has 0 amide bonds. The summed E-state index contributed by atoms with van der Waals surface area (Å²) in [7, 11) is 0. The zero-order chi connectivity index (χ0) is 9.07. The van der Waals surface area contributed by atoms with E-state index in [0.29, 0.717) is 0 Å². The number of hydrogen-bond donors (Lipinski definition) is 1. The summed E-state index contributed by atoms with van der Waals surface area (Å²) in [6.45, 7) is 5.59. The molecule has 0 aromatic rings. The number of alkyl halides is 2. The molecule has 3 heteroatoms. The van der Waals surface area contributed by atoms with Crippen LogP contribution in [0.4, 0.5) is 8.78 Å². The van der Waals surface area contributed by atoms with Gasteiger partial charge in [0.2, 0.25) is 6.43 Å². The molecular weight excluding hydrogens is 150 g/mol. The molecule has 1 saturated carbocycles. The van der Waals surface area contributed by atoms with Crippen molar-refractivity contribution in [2.75, 3.05) is 0 Å². The summed E-state index contributed by atoms with van der Waals surface area (Å²) in [5.41, 5.74) is -0.804. The minimum Gasteiger partial charge on any atom is -0.390 e. The first kappa shape index (κ1) is 10.8. The van der Waals surface area contributed by atoms with Crippen molar-refractivity contribution in [1.82, 2.24) is 0 Å². The second-order valence-electron chi connectivity index (χ2n) is 3.00. The van der Waals surface area contributed by atoms with Crippen molar-refractivity contribution >= 4 is 0 Å². The first-order chi connectivity index (χ1) is 5.01. The first-order valence-corrected chi connectivity index (χ1v) is 4.02. The van der Waals surface area contributed by atoms with Crippen LogP contribution in [-0.4, -0.2) is 17.1 Å². The molecule has 0 aromatic carbocycles. The van der Waals surface area contributed by atoms with E-state index in [1.54, 1.807) is 6.92 Å². The molecule has 0 saturated heterocycles. The maximum Gasteiger partial charge on any atom is 0.241 e. The largest absolute Gasteiger partial charge is 0.390 e. The van der Waals surface area contributed by atoms with E-state index in [-0.39, 0.29) is 12.8 Å². The molecule has 1 aliphatic carbocycles. The Bertz CT molecular complexity index is 105. The van der Waals surface area contributed by atoms with E-state index in [2.05, 4.69) is 0 Å². The SMILES string of the molecule is CC.CC1(O)CC(C(F)F)C1. The lowest BCUT2D eigenvalue weighted by Gasteiger charge is -2.40. The minimum atomic E-state index is -2.25. The Morgan fingerprint density at radius 3 is 1.82 bits per heavy atom. The van der Waals surface area contributed by atoms with Crippen molar-refractivity contribution in [3.05, 3.63) is 0 Å². The lowest BCUT2D eigenvalue weighted by molar-refractivity contribution is -0.109. The van der Waals surface area contributed by atoms with Crippen LogP contribution in [0.3, 0.4) is 0 Å². The van der Waals surface area contributed by atoms with Gasteiger partial charge < -0.3 is 5.11 Å². The van der Waals surface area contributed by atoms with Crippen LogP contribution in [0.2, 0.25) is 0 Å². The summed E-state index contributed by atoms with van der Waals surface area (Å²) >= 11 is 0. The molecule has 11 heavy (non-hydrogen) atoms. The molecule has 0 unspecified atom stereocenters. The Kier molecular flexibility index (Phi) is 3.93. The minimum absolute atomic E-state index is 0.255. The summed E-state index contributed by atoms with van der Waals surface area (Å²) in [4.78, 5) is 0. The standard InChI is InChI=1S/C6H10F2O.C2H6/c1-6(9)2-4(3-6)5(7)8;1-2/h4-5,9H,2-3H2,1H3;1-2H3. The van der Waals surface area contributed by atoms with Gasteiger partial charge in [-0.1, -0.05) is 13.8 Å². The van der Waals surface area contributed by atoms with Crippen LogP contribution in [0.25, 0.3) is 0 Å². The summed E-state index contributed by atoms with van der Waals surface area (Å²) in [6, 6.07) is 0. The molecule has 0 radical (unpaired) electrons. The molecule has 1 aliphatic rings. The highest BCUT2D eigenvalue weighted by atomic mass is 19.3. The lowest BCUT2D eigenvalue weighted by Crippen LogP contribution is -2.43. The molecule has 0 aliphatic heterocycles. The molecule has 1 rings (SSSR count).